The van der Waals surface area contributed by atoms with E-state index >= 15 is 0 Å². The summed E-state index contributed by atoms with van der Waals surface area (Å²) in [6.45, 7) is 5.95. The summed E-state index contributed by atoms with van der Waals surface area (Å²) >= 11 is 9.95. The van der Waals surface area contributed by atoms with Gasteiger partial charge in [-0.1, -0.05) is 11.6 Å². The number of ether oxygens (including phenoxy) is 7. The molecule has 262 valence electrons. The average Bonchev–Trinajstić information content (AvgIpc) is 3.34. The minimum absolute atomic E-state index is 0.0941. The molecule has 2 heterocycles. The monoisotopic (exact) mass is 760 g/mol. The summed E-state index contributed by atoms with van der Waals surface area (Å²) in [5, 5.41) is 2.84. The number of aromatic nitrogens is 1. The fourth-order valence-corrected chi connectivity index (χ4v) is 5.83. The minimum atomic E-state index is -2.57. The fraction of sp³-hybridized carbons (Fsp3) is 0.500. The second kappa shape index (κ2) is 15.8. The van der Waals surface area contributed by atoms with Crippen LogP contribution >= 0.6 is 27.5 Å². The molecule has 0 radical (unpaired) electrons. The van der Waals surface area contributed by atoms with Gasteiger partial charge in [-0.25, -0.2) is 4.79 Å². The summed E-state index contributed by atoms with van der Waals surface area (Å²) in [6.07, 6.45) is -5.91. The molecular weight excluding hydrogens is 728 g/mol. The quantitative estimate of drug-likeness (QED) is 0.259. The van der Waals surface area contributed by atoms with E-state index in [1.165, 1.54) is 17.7 Å². The summed E-state index contributed by atoms with van der Waals surface area (Å²) in [6, 6.07) is 1.76. The number of fused-ring (bicyclic) bond motifs is 1. The first-order chi connectivity index (χ1) is 22.4. The molecule has 1 N–H and O–H groups in total. The molecule has 2 unspecified atom stereocenters. The number of halogens is 2. The molecule has 48 heavy (non-hydrogen) atoms. The Bertz CT molecular complexity index is 1630. The van der Waals surface area contributed by atoms with Gasteiger partial charge in [0.1, 0.15) is 18.8 Å². The van der Waals surface area contributed by atoms with E-state index in [2.05, 4.69) is 21.2 Å². The number of rotatable bonds is 11. The molecule has 0 bridgehead atoms. The van der Waals surface area contributed by atoms with Gasteiger partial charge in [-0.15, -0.1) is 0 Å². The van der Waals surface area contributed by atoms with E-state index < -0.39 is 90.9 Å². The molecule has 1 aliphatic heterocycles. The van der Waals surface area contributed by atoms with Gasteiger partial charge in [0.05, 0.1) is 41.7 Å². The lowest BCUT2D eigenvalue weighted by molar-refractivity contribution is -0.289. The maximum absolute atomic E-state index is 13.8. The van der Waals surface area contributed by atoms with Crippen molar-refractivity contribution >= 4 is 80.1 Å². The summed E-state index contributed by atoms with van der Waals surface area (Å²) in [5.41, 5.74) is 0.292. The van der Waals surface area contributed by atoms with E-state index in [0.29, 0.717) is 9.99 Å². The first-order valence-corrected chi connectivity index (χ1v) is 15.4. The third kappa shape index (κ3) is 8.82. The predicted molar refractivity (Wildman–Crippen MR) is 167 cm³/mol. The molecule has 1 fully saturated rings. The van der Waals surface area contributed by atoms with Crippen molar-refractivity contribution < 1.29 is 66.7 Å². The molecule has 1 aromatic heterocycles. The van der Waals surface area contributed by atoms with E-state index in [-0.39, 0.29) is 16.2 Å². The van der Waals surface area contributed by atoms with Crippen molar-refractivity contribution in [3.05, 3.63) is 27.8 Å². The number of methoxy groups -OCH3 is 1. The summed E-state index contributed by atoms with van der Waals surface area (Å²) in [5.74, 6) is -8.49. The normalized spacial score (nSPS) is 21.6. The van der Waals surface area contributed by atoms with Crippen molar-refractivity contribution in [2.45, 2.75) is 84.2 Å². The fourth-order valence-electron chi connectivity index (χ4n) is 5.25. The van der Waals surface area contributed by atoms with Gasteiger partial charge in [-0.3, -0.25) is 33.3 Å². The zero-order valence-corrected chi connectivity index (χ0v) is 29.3. The number of hydrogen-bond donors (Lipinski definition) is 1. The van der Waals surface area contributed by atoms with Crippen LogP contribution in [0.2, 0.25) is 5.02 Å². The number of esters is 5. The minimum Gasteiger partial charge on any atom is -0.464 e. The highest BCUT2D eigenvalue weighted by Crippen LogP contribution is 2.43. The maximum Gasteiger partial charge on any atom is 0.379 e. The molecule has 0 aliphatic carbocycles. The van der Waals surface area contributed by atoms with E-state index in [4.69, 9.17) is 44.8 Å². The Morgan fingerprint density at radius 2 is 1.65 bits per heavy atom. The van der Waals surface area contributed by atoms with Crippen LogP contribution < -0.4 is 10.1 Å². The largest absolute Gasteiger partial charge is 0.464 e. The van der Waals surface area contributed by atoms with Crippen molar-refractivity contribution in [2.75, 3.05) is 13.7 Å². The molecule has 16 nitrogen and oxygen atoms in total. The molecule has 2 aromatic rings. The van der Waals surface area contributed by atoms with Crippen molar-refractivity contribution in [1.29, 1.82) is 0 Å². The zero-order valence-electron chi connectivity index (χ0n) is 27.0. The zero-order chi connectivity index (χ0) is 36.1. The van der Waals surface area contributed by atoms with E-state index in [1.807, 2.05) is 0 Å². The van der Waals surface area contributed by atoms with Crippen LogP contribution in [0.15, 0.2) is 22.8 Å². The maximum atomic E-state index is 13.8. The smallest absolute Gasteiger partial charge is 0.379 e. The van der Waals surface area contributed by atoms with Gasteiger partial charge in [0.15, 0.2) is 18.0 Å². The number of nitrogens with one attached hydrogen (secondary N) is 1. The first kappa shape index (κ1) is 38.2. The highest BCUT2D eigenvalue weighted by Gasteiger charge is 2.60. The van der Waals surface area contributed by atoms with Crippen LogP contribution in [0.25, 0.3) is 10.9 Å². The molecule has 1 aliphatic rings. The third-order valence-electron chi connectivity index (χ3n) is 6.93. The molecule has 18 heteroatoms. The number of carbonyl (C=O) groups excluding carboxylic acids is 7. The molecule has 1 amide bonds. The van der Waals surface area contributed by atoms with Gasteiger partial charge in [-0.05, 0) is 28.1 Å². The van der Waals surface area contributed by atoms with E-state index in [9.17, 15) is 33.6 Å². The Balaban J connectivity index is 2.35. The van der Waals surface area contributed by atoms with Crippen molar-refractivity contribution in [1.82, 2.24) is 9.88 Å². The first-order valence-electron chi connectivity index (χ1n) is 14.3. The van der Waals surface area contributed by atoms with Crippen LogP contribution in [-0.4, -0.2) is 96.2 Å². The number of benzene rings is 1. The van der Waals surface area contributed by atoms with E-state index in [0.717, 1.165) is 41.7 Å². The third-order valence-corrected chi connectivity index (χ3v) is 8.22. The van der Waals surface area contributed by atoms with Gasteiger partial charge in [0.25, 0.3) is 0 Å². The molecule has 6 atom stereocenters. The highest BCUT2D eigenvalue weighted by atomic mass is 79.9. The van der Waals surface area contributed by atoms with Crippen LogP contribution in [0.1, 0.15) is 52.8 Å². The lowest BCUT2D eigenvalue weighted by Gasteiger charge is -2.48. The van der Waals surface area contributed by atoms with Crippen LogP contribution in [0.5, 0.6) is 5.75 Å². The van der Waals surface area contributed by atoms with Gasteiger partial charge >= 0.3 is 35.6 Å². The summed E-state index contributed by atoms with van der Waals surface area (Å²) in [7, 11) is 1.01. The van der Waals surface area contributed by atoms with E-state index in [1.54, 1.807) is 12.1 Å². The van der Waals surface area contributed by atoms with Crippen LogP contribution in [-0.2, 0) is 57.2 Å². The van der Waals surface area contributed by atoms with Gasteiger partial charge < -0.3 is 38.5 Å². The Kier molecular flexibility index (Phi) is 12.6. The standard InChI is InChI=1S/C30H34BrClN2O14/c1-13(35)33-26-21(44-16(4)38)10-30(29(41)42-7,47-22-11-34(14(2)36)20-9-8-19(31)25(32)24(20)22)48-28(26)27(46-18(6)40)23(45-17(5)39)12-43-15(3)37/h8-9,11,21,23,26-28H,10,12H2,1-7H3,(H,33,35)/t21-,23+,26?,27+,28?,30+/m0/s1. The van der Waals surface area contributed by atoms with Gasteiger partial charge in [0, 0.05) is 46.0 Å². The van der Waals surface area contributed by atoms with Crippen LogP contribution in [0.4, 0.5) is 0 Å². The van der Waals surface area contributed by atoms with Crippen molar-refractivity contribution in [3.63, 3.8) is 0 Å². The Morgan fingerprint density at radius 3 is 2.17 bits per heavy atom. The lowest BCUT2D eigenvalue weighted by Crippen LogP contribution is -2.70. The molecular formula is C30H34BrClN2O14. The number of nitrogens with zero attached hydrogens (tertiary/aromatic N) is 1. The molecule has 0 saturated carbocycles. The second-order valence-corrected chi connectivity index (χ2v) is 11.9. The Labute approximate surface area is 287 Å². The highest BCUT2D eigenvalue weighted by molar-refractivity contribution is 9.10. The lowest BCUT2D eigenvalue weighted by atomic mass is 9.88. The predicted octanol–water partition coefficient (Wildman–Crippen LogP) is 2.62. The number of hydrogen-bond acceptors (Lipinski definition) is 14. The second-order valence-electron chi connectivity index (χ2n) is 10.7. The van der Waals surface area contributed by atoms with Gasteiger partial charge in [-0.2, -0.15) is 0 Å². The van der Waals surface area contributed by atoms with Crippen molar-refractivity contribution in [3.8, 4) is 5.75 Å². The van der Waals surface area contributed by atoms with Crippen LogP contribution in [0.3, 0.4) is 0 Å². The number of amides is 1. The molecule has 0 spiro atoms. The molecule has 3 rings (SSSR count). The number of carbonyl (C=O) groups is 7. The SMILES string of the molecule is COC(=O)[C@@]1(Oc2cn(C(C)=O)c3ccc(Br)c(Cl)c23)C[C@H](OC(C)=O)C(NC(C)=O)C([C@H](OC(C)=O)[C@@H](COC(C)=O)OC(C)=O)O1. The summed E-state index contributed by atoms with van der Waals surface area (Å²) in [4.78, 5) is 87.6. The van der Waals surface area contributed by atoms with Crippen molar-refractivity contribution in [2.24, 2.45) is 0 Å². The average molecular weight is 762 g/mol. The molecule has 1 saturated heterocycles. The van der Waals surface area contributed by atoms with Crippen LogP contribution in [0, 0.1) is 0 Å². The Morgan fingerprint density at radius 1 is 1.00 bits per heavy atom. The van der Waals surface area contributed by atoms with Gasteiger partial charge in [0.2, 0.25) is 11.8 Å². The Hall–Kier alpha value is -4.22. The summed E-state index contributed by atoms with van der Waals surface area (Å²) < 4.78 is 40.8. The topological polar surface area (TPSA) is 201 Å². The molecule has 1 aromatic carbocycles.